The summed E-state index contributed by atoms with van der Waals surface area (Å²) in [5, 5.41) is 9.22. The zero-order valence-electron chi connectivity index (χ0n) is 12.4. The summed E-state index contributed by atoms with van der Waals surface area (Å²) in [5.74, 6) is -4.90. The van der Waals surface area contributed by atoms with Crippen molar-refractivity contribution in [1.29, 1.82) is 0 Å². The van der Waals surface area contributed by atoms with Gasteiger partial charge in [0.25, 0.3) is 21.9 Å². The number of carboxylic acid groups (broad SMARTS) is 1. The minimum Gasteiger partial charge on any atom is -0.481 e. The summed E-state index contributed by atoms with van der Waals surface area (Å²) < 4.78 is 30.9. The lowest BCUT2D eigenvalue weighted by atomic mass is 9.87. The fourth-order valence-electron chi connectivity index (χ4n) is 2.02. The van der Waals surface area contributed by atoms with Gasteiger partial charge in [-0.25, -0.2) is 0 Å². The Morgan fingerprint density at radius 2 is 1.77 bits per heavy atom. The molecule has 0 aliphatic carbocycles. The number of aliphatic carboxylic acids is 1. The molecule has 1 heterocycles. The average molecular weight is 334 g/mol. The standard InChI is InChI=1S/C12H18N2O7S/c1-12(2,8(11(17)18)6-22(19,20)21)13(3)7-14-9(15)4-5-10(14)16/h4-5,8H,6-7H2,1-3H3,(H,17,18)(H,19,20,21). The molecule has 0 saturated heterocycles. The van der Waals surface area contributed by atoms with Crippen LogP contribution in [0.1, 0.15) is 13.8 Å². The quantitative estimate of drug-likeness (QED) is 0.455. The molecule has 0 fully saturated rings. The maximum absolute atomic E-state index is 11.5. The van der Waals surface area contributed by atoms with Crippen molar-refractivity contribution in [2.24, 2.45) is 5.92 Å². The Morgan fingerprint density at radius 1 is 1.32 bits per heavy atom. The van der Waals surface area contributed by atoms with Crippen LogP contribution >= 0.6 is 0 Å². The predicted molar refractivity (Wildman–Crippen MR) is 75.2 cm³/mol. The van der Waals surface area contributed by atoms with Crippen LogP contribution in [0.3, 0.4) is 0 Å². The highest BCUT2D eigenvalue weighted by atomic mass is 32.2. The first kappa shape index (κ1) is 18.3. The highest BCUT2D eigenvalue weighted by Crippen LogP contribution is 2.26. The van der Waals surface area contributed by atoms with Crippen LogP contribution in [0.4, 0.5) is 0 Å². The normalized spacial score (nSPS) is 17.4. The summed E-state index contributed by atoms with van der Waals surface area (Å²) >= 11 is 0. The van der Waals surface area contributed by atoms with Gasteiger partial charge in [-0.2, -0.15) is 8.42 Å². The Balaban J connectivity index is 2.96. The summed E-state index contributed by atoms with van der Waals surface area (Å²) in [6.07, 6.45) is 2.19. The van der Waals surface area contributed by atoms with E-state index in [2.05, 4.69) is 0 Å². The van der Waals surface area contributed by atoms with Crippen molar-refractivity contribution < 1.29 is 32.5 Å². The molecular weight excluding hydrogens is 316 g/mol. The molecule has 1 aliphatic heterocycles. The van der Waals surface area contributed by atoms with Crippen LogP contribution in [0, 0.1) is 5.92 Å². The molecule has 2 N–H and O–H groups in total. The molecule has 1 atom stereocenters. The molecule has 0 aromatic rings. The summed E-state index contributed by atoms with van der Waals surface area (Å²) in [6, 6.07) is 0. The van der Waals surface area contributed by atoms with Crippen LogP contribution in [-0.2, 0) is 24.5 Å². The molecule has 1 rings (SSSR count). The van der Waals surface area contributed by atoms with Gasteiger partial charge < -0.3 is 5.11 Å². The first-order chi connectivity index (χ1) is 9.86. The molecule has 9 nitrogen and oxygen atoms in total. The van der Waals surface area contributed by atoms with E-state index in [1.54, 1.807) is 0 Å². The van der Waals surface area contributed by atoms with Crippen LogP contribution < -0.4 is 0 Å². The first-order valence-electron chi connectivity index (χ1n) is 6.29. The minimum atomic E-state index is -4.50. The minimum absolute atomic E-state index is 0.201. The molecule has 0 radical (unpaired) electrons. The van der Waals surface area contributed by atoms with Crippen LogP contribution in [0.2, 0.25) is 0 Å². The summed E-state index contributed by atoms with van der Waals surface area (Å²) in [4.78, 5) is 36.6. The smallest absolute Gasteiger partial charge is 0.309 e. The number of carbonyl (C=O) groups excluding carboxylic acids is 2. The van der Waals surface area contributed by atoms with Crippen molar-refractivity contribution in [3.05, 3.63) is 12.2 Å². The second-order valence-corrected chi connectivity index (χ2v) is 7.07. The van der Waals surface area contributed by atoms with Gasteiger partial charge in [0, 0.05) is 17.7 Å². The lowest BCUT2D eigenvalue weighted by Crippen LogP contribution is -2.56. The highest BCUT2D eigenvalue weighted by molar-refractivity contribution is 7.85. The topological polar surface area (TPSA) is 132 Å². The van der Waals surface area contributed by atoms with Crippen LogP contribution in [0.25, 0.3) is 0 Å². The van der Waals surface area contributed by atoms with Gasteiger partial charge in [0.2, 0.25) is 0 Å². The Kier molecular flexibility index (Phi) is 5.10. The molecule has 0 spiro atoms. The Bertz CT molecular complexity index is 605. The largest absolute Gasteiger partial charge is 0.481 e. The molecule has 0 aromatic heterocycles. The fraction of sp³-hybridized carbons (Fsp3) is 0.583. The molecular formula is C12H18N2O7S. The molecule has 124 valence electrons. The van der Waals surface area contributed by atoms with E-state index < -0.39 is 45.1 Å². The van der Waals surface area contributed by atoms with Crippen LogP contribution in [-0.4, -0.2) is 70.7 Å². The monoisotopic (exact) mass is 334 g/mol. The number of carbonyl (C=O) groups is 3. The van der Waals surface area contributed by atoms with E-state index >= 15 is 0 Å². The zero-order chi connectivity index (χ0) is 17.3. The third-order valence-corrected chi connectivity index (χ3v) is 4.52. The molecule has 1 aliphatic rings. The Morgan fingerprint density at radius 3 is 2.14 bits per heavy atom. The van der Waals surface area contributed by atoms with E-state index in [0.717, 1.165) is 17.1 Å². The van der Waals surface area contributed by atoms with Gasteiger partial charge in [-0.1, -0.05) is 0 Å². The third kappa shape index (κ3) is 4.12. The van der Waals surface area contributed by atoms with Gasteiger partial charge in [-0.05, 0) is 20.9 Å². The van der Waals surface area contributed by atoms with Gasteiger partial charge in [0.1, 0.15) is 0 Å². The number of carboxylic acids is 1. The predicted octanol–water partition coefficient (Wildman–Crippen LogP) is -0.832. The van der Waals surface area contributed by atoms with Gasteiger partial charge >= 0.3 is 5.97 Å². The number of hydrogen-bond donors (Lipinski definition) is 2. The SMILES string of the molecule is CN(CN1C(=O)C=CC1=O)C(C)(C)C(CS(=O)(=O)O)C(=O)O. The maximum Gasteiger partial charge on any atom is 0.309 e. The molecule has 0 saturated carbocycles. The van der Waals surface area contributed by atoms with E-state index in [9.17, 15) is 27.9 Å². The summed E-state index contributed by atoms with van der Waals surface area (Å²) in [5.41, 5.74) is -1.25. The number of hydrogen-bond acceptors (Lipinski definition) is 6. The van der Waals surface area contributed by atoms with E-state index in [4.69, 9.17) is 4.55 Å². The van der Waals surface area contributed by atoms with Gasteiger partial charge in [0.05, 0.1) is 18.3 Å². The molecule has 1 unspecified atom stereocenters. The lowest BCUT2D eigenvalue weighted by Gasteiger charge is -2.40. The lowest BCUT2D eigenvalue weighted by molar-refractivity contribution is -0.147. The molecule has 0 aromatic carbocycles. The third-order valence-electron chi connectivity index (χ3n) is 3.77. The van der Waals surface area contributed by atoms with Crippen LogP contribution in [0.15, 0.2) is 12.2 Å². The van der Waals surface area contributed by atoms with Crippen molar-refractivity contribution in [2.45, 2.75) is 19.4 Å². The Labute approximate surface area is 127 Å². The van der Waals surface area contributed by atoms with Crippen molar-refractivity contribution in [3.8, 4) is 0 Å². The summed E-state index contributed by atoms with van der Waals surface area (Å²) in [7, 11) is -3.04. The second-order valence-electron chi connectivity index (χ2n) is 5.57. The number of rotatable bonds is 7. The second kappa shape index (κ2) is 6.15. The molecule has 2 amide bonds. The van der Waals surface area contributed by atoms with E-state index in [-0.39, 0.29) is 6.67 Å². The van der Waals surface area contributed by atoms with Gasteiger partial charge in [-0.3, -0.25) is 28.7 Å². The van der Waals surface area contributed by atoms with Crippen molar-refractivity contribution in [3.63, 3.8) is 0 Å². The highest BCUT2D eigenvalue weighted by Gasteiger charge is 2.42. The van der Waals surface area contributed by atoms with Crippen molar-refractivity contribution in [2.75, 3.05) is 19.5 Å². The van der Waals surface area contributed by atoms with Crippen molar-refractivity contribution >= 4 is 27.9 Å². The average Bonchev–Trinajstić information content (AvgIpc) is 2.66. The summed E-state index contributed by atoms with van der Waals surface area (Å²) in [6.45, 7) is 2.71. The maximum atomic E-state index is 11.5. The molecule has 0 bridgehead atoms. The molecule has 22 heavy (non-hydrogen) atoms. The number of amides is 2. The number of nitrogens with zero attached hydrogens (tertiary/aromatic N) is 2. The number of imide groups is 1. The fourth-order valence-corrected chi connectivity index (χ4v) is 2.99. The van der Waals surface area contributed by atoms with Crippen molar-refractivity contribution in [1.82, 2.24) is 9.80 Å². The van der Waals surface area contributed by atoms with Gasteiger partial charge in [-0.15, -0.1) is 0 Å². The van der Waals surface area contributed by atoms with E-state index in [1.165, 1.54) is 25.8 Å². The van der Waals surface area contributed by atoms with Crippen LogP contribution in [0.5, 0.6) is 0 Å². The van der Waals surface area contributed by atoms with E-state index in [0.29, 0.717) is 0 Å². The van der Waals surface area contributed by atoms with E-state index in [1.807, 2.05) is 0 Å². The zero-order valence-corrected chi connectivity index (χ0v) is 13.2. The first-order valence-corrected chi connectivity index (χ1v) is 7.90. The molecule has 10 heteroatoms. The van der Waals surface area contributed by atoms with Gasteiger partial charge in [0.15, 0.2) is 0 Å². The Hall–Kier alpha value is -1.78.